The van der Waals surface area contributed by atoms with Gasteiger partial charge in [-0.1, -0.05) is 0 Å². The molecule has 1 aliphatic carbocycles. The van der Waals surface area contributed by atoms with Crippen LogP contribution in [0, 0.1) is 10.1 Å². The van der Waals surface area contributed by atoms with E-state index in [4.69, 9.17) is 9.47 Å². The Kier molecular flexibility index (Phi) is 3.11. The third-order valence-electron chi connectivity index (χ3n) is 2.22. The van der Waals surface area contributed by atoms with E-state index in [0.29, 0.717) is 5.75 Å². The summed E-state index contributed by atoms with van der Waals surface area (Å²) >= 11 is 0. The van der Waals surface area contributed by atoms with Crippen LogP contribution in [0.15, 0.2) is 12.1 Å². The van der Waals surface area contributed by atoms with Gasteiger partial charge in [0.1, 0.15) is 5.60 Å². The summed E-state index contributed by atoms with van der Waals surface area (Å²) in [6.07, 6.45) is 2.20. The van der Waals surface area contributed by atoms with Crippen molar-refractivity contribution < 1.29 is 14.4 Å². The first-order chi connectivity index (χ1) is 8.35. The van der Waals surface area contributed by atoms with E-state index in [1.165, 1.54) is 6.07 Å². The molecule has 0 spiro atoms. The summed E-state index contributed by atoms with van der Waals surface area (Å²) in [5.74, 6) is 0.416. The van der Waals surface area contributed by atoms with Crippen LogP contribution in [0.25, 0.3) is 0 Å². The number of hydrogen-bond donors (Lipinski definition) is 0. The molecule has 0 radical (unpaired) electrons. The van der Waals surface area contributed by atoms with Crippen LogP contribution in [0.1, 0.15) is 33.6 Å². The van der Waals surface area contributed by atoms with Crippen LogP contribution >= 0.6 is 0 Å². The fourth-order valence-electron chi connectivity index (χ4n) is 1.34. The fraction of sp³-hybridized carbons (Fsp3) is 0.583. The lowest BCUT2D eigenvalue weighted by Crippen LogP contribution is -2.24. The summed E-state index contributed by atoms with van der Waals surface area (Å²) in [6, 6.07) is 2.87. The second-order valence-corrected chi connectivity index (χ2v) is 5.26. The van der Waals surface area contributed by atoms with E-state index < -0.39 is 10.5 Å². The molecule has 18 heavy (non-hydrogen) atoms. The highest BCUT2D eigenvalue weighted by Gasteiger charge is 2.29. The summed E-state index contributed by atoms with van der Waals surface area (Å²) in [5, 5.41) is 10.7. The van der Waals surface area contributed by atoms with Crippen LogP contribution in [0.5, 0.6) is 11.6 Å². The minimum atomic E-state index is -0.545. The largest absolute Gasteiger partial charge is 0.483 e. The van der Waals surface area contributed by atoms with Crippen molar-refractivity contribution in [3.8, 4) is 11.6 Å². The van der Waals surface area contributed by atoms with Gasteiger partial charge in [0.2, 0.25) is 5.75 Å². The standard InChI is InChI=1S/C12H16N2O4/c1-12(2,3)18-11-9(17-8-4-5-8)6-7-10(13-11)14(15)16/h6-8H,4-5H2,1-3H3. The van der Waals surface area contributed by atoms with Crippen LogP contribution in [-0.4, -0.2) is 21.6 Å². The van der Waals surface area contributed by atoms with Crippen molar-refractivity contribution in [2.24, 2.45) is 0 Å². The SMILES string of the molecule is CC(C)(C)Oc1nc([N+](=O)[O-])ccc1OC1CC1. The molecule has 1 aromatic rings. The lowest BCUT2D eigenvalue weighted by Gasteiger charge is -2.19. The monoisotopic (exact) mass is 252 g/mol. The van der Waals surface area contributed by atoms with E-state index in [1.54, 1.807) is 6.07 Å². The topological polar surface area (TPSA) is 74.5 Å². The van der Waals surface area contributed by atoms with Gasteiger partial charge < -0.3 is 19.6 Å². The summed E-state index contributed by atoms with van der Waals surface area (Å²) in [7, 11) is 0. The molecule has 6 nitrogen and oxygen atoms in total. The highest BCUT2D eigenvalue weighted by Crippen LogP contribution is 2.35. The van der Waals surface area contributed by atoms with Crippen LogP contribution in [0.3, 0.4) is 0 Å². The molecule has 0 amide bonds. The molecule has 1 aliphatic rings. The van der Waals surface area contributed by atoms with Gasteiger partial charge >= 0.3 is 11.7 Å². The van der Waals surface area contributed by atoms with Gasteiger partial charge in [0.05, 0.1) is 6.10 Å². The third kappa shape index (κ3) is 3.32. The molecule has 6 heteroatoms. The molecule has 1 heterocycles. The lowest BCUT2D eigenvalue weighted by atomic mass is 10.2. The zero-order valence-corrected chi connectivity index (χ0v) is 10.7. The number of pyridine rings is 1. The number of nitro groups is 1. The van der Waals surface area contributed by atoms with Crippen molar-refractivity contribution in [2.45, 2.75) is 45.3 Å². The maximum absolute atomic E-state index is 10.7. The molecule has 0 aliphatic heterocycles. The number of hydrogen-bond acceptors (Lipinski definition) is 5. The molecule has 1 saturated carbocycles. The van der Waals surface area contributed by atoms with Gasteiger partial charge in [-0.15, -0.1) is 0 Å². The maximum Gasteiger partial charge on any atom is 0.372 e. The van der Waals surface area contributed by atoms with Crippen LogP contribution in [0.4, 0.5) is 5.82 Å². The van der Waals surface area contributed by atoms with Crippen molar-refractivity contribution in [2.75, 3.05) is 0 Å². The third-order valence-corrected chi connectivity index (χ3v) is 2.22. The van der Waals surface area contributed by atoms with E-state index in [1.807, 2.05) is 20.8 Å². The quantitative estimate of drug-likeness (QED) is 0.608. The first kappa shape index (κ1) is 12.6. The summed E-state index contributed by atoms with van der Waals surface area (Å²) < 4.78 is 11.2. The Bertz CT molecular complexity index is 464. The molecule has 2 rings (SSSR count). The first-order valence-electron chi connectivity index (χ1n) is 5.86. The molecular formula is C12H16N2O4. The molecule has 0 unspecified atom stereocenters. The van der Waals surface area contributed by atoms with Crippen LogP contribution < -0.4 is 9.47 Å². The minimum Gasteiger partial charge on any atom is -0.483 e. The Morgan fingerprint density at radius 3 is 2.56 bits per heavy atom. The number of rotatable bonds is 4. The van der Waals surface area contributed by atoms with Crippen LogP contribution in [-0.2, 0) is 0 Å². The van der Waals surface area contributed by atoms with E-state index >= 15 is 0 Å². The zero-order valence-electron chi connectivity index (χ0n) is 10.7. The van der Waals surface area contributed by atoms with Crippen molar-refractivity contribution in [1.29, 1.82) is 0 Å². The number of ether oxygens (including phenoxy) is 2. The summed E-state index contributed by atoms with van der Waals surface area (Å²) in [4.78, 5) is 14.1. The van der Waals surface area contributed by atoms with Gasteiger partial charge in [0.25, 0.3) is 0 Å². The normalized spacial score (nSPS) is 15.3. The molecular weight excluding hydrogens is 236 g/mol. The van der Waals surface area contributed by atoms with E-state index in [9.17, 15) is 10.1 Å². The molecule has 0 bridgehead atoms. The van der Waals surface area contributed by atoms with Crippen molar-refractivity contribution >= 4 is 5.82 Å². The average Bonchev–Trinajstić information content (AvgIpc) is 3.02. The lowest BCUT2D eigenvalue weighted by molar-refractivity contribution is -0.389. The first-order valence-corrected chi connectivity index (χ1v) is 5.86. The Hall–Kier alpha value is -1.85. The van der Waals surface area contributed by atoms with E-state index in [2.05, 4.69) is 4.98 Å². The van der Waals surface area contributed by atoms with Crippen molar-refractivity contribution in [3.63, 3.8) is 0 Å². The van der Waals surface area contributed by atoms with E-state index in [0.717, 1.165) is 12.8 Å². The van der Waals surface area contributed by atoms with E-state index in [-0.39, 0.29) is 17.8 Å². The highest BCUT2D eigenvalue weighted by molar-refractivity contribution is 5.39. The molecule has 98 valence electrons. The Labute approximate surface area is 105 Å². The van der Waals surface area contributed by atoms with Gasteiger partial charge in [0.15, 0.2) is 0 Å². The molecule has 1 aromatic heterocycles. The summed E-state index contributed by atoms with van der Waals surface area (Å²) in [5.41, 5.74) is -0.482. The van der Waals surface area contributed by atoms with Gasteiger partial charge in [0, 0.05) is 11.1 Å². The van der Waals surface area contributed by atoms with Gasteiger partial charge in [-0.2, -0.15) is 0 Å². The maximum atomic E-state index is 10.7. The second-order valence-electron chi connectivity index (χ2n) is 5.26. The summed E-state index contributed by atoms with van der Waals surface area (Å²) in [6.45, 7) is 5.57. The Morgan fingerprint density at radius 2 is 2.06 bits per heavy atom. The van der Waals surface area contributed by atoms with Gasteiger partial charge in [-0.25, -0.2) is 0 Å². The average molecular weight is 252 g/mol. The van der Waals surface area contributed by atoms with Crippen molar-refractivity contribution in [1.82, 2.24) is 4.98 Å². The van der Waals surface area contributed by atoms with Gasteiger partial charge in [-0.3, -0.25) is 0 Å². The minimum absolute atomic E-state index is 0.184. The number of aromatic nitrogens is 1. The van der Waals surface area contributed by atoms with Crippen LogP contribution in [0.2, 0.25) is 0 Å². The van der Waals surface area contributed by atoms with Crippen molar-refractivity contribution in [3.05, 3.63) is 22.2 Å². The highest BCUT2D eigenvalue weighted by atomic mass is 16.6. The second kappa shape index (κ2) is 4.44. The molecule has 1 fully saturated rings. The Balaban J connectivity index is 2.29. The molecule has 0 saturated heterocycles. The zero-order chi connectivity index (χ0) is 13.3. The predicted octanol–water partition coefficient (Wildman–Crippen LogP) is 2.71. The fourth-order valence-corrected chi connectivity index (χ4v) is 1.34. The molecule has 0 atom stereocenters. The Morgan fingerprint density at radius 1 is 1.39 bits per heavy atom. The molecule has 0 aromatic carbocycles. The van der Waals surface area contributed by atoms with Gasteiger partial charge in [-0.05, 0) is 44.6 Å². The predicted molar refractivity (Wildman–Crippen MR) is 64.9 cm³/mol. The molecule has 0 N–H and O–H groups in total. The smallest absolute Gasteiger partial charge is 0.372 e. The number of nitrogens with zero attached hydrogens (tertiary/aromatic N) is 2.